The Hall–Kier alpha value is -3.72. The van der Waals surface area contributed by atoms with Crippen LogP contribution in [0.2, 0.25) is 5.02 Å². The van der Waals surface area contributed by atoms with Crippen molar-refractivity contribution in [1.82, 2.24) is 14.8 Å². The zero-order valence-corrected chi connectivity index (χ0v) is 19.6. The number of carbonyl (C=O) groups excluding carboxylic acids is 3. The summed E-state index contributed by atoms with van der Waals surface area (Å²) in [6, 6.07) is 8.81. The first-order valence-corrected chi connectivity index (χ1v) is 11.4. The summed E-state index contributed by atoms with van der Waals surface area (Å²) in [4.78, 5) is 50.7. The molecule has 0 spiro atoms. The maximum absolute atomic E-state index is 14.1. The predicted molar refractivity (Wildman–Crippen MR) is 127 cm³/mol. The molecule has 2 aromatic carbocycles. The van der Waals surface area contributed by atoms with Gasteiger partial charge in [0, 0.05) is 35.3 Å². The topological polar surface area (TPSA) is 109 Å². The Balaban J connectivity index is 1.50. The number of hydrogen-bond donors (Lipinski definition) is 2. The highest BCUT2D eigenvalue weighted by atomic mass is 35.5. The third-order valence-corrected chi connectivity index (χ3v) is 6.24. The van der Waals surface area contributed by atoms with Crippen molar-refractivity contribution in [3.8, 4) is 0 Å². The van der Waals surface area contributed by atoms with Crippen molar-refractivity contribution >= 4 is 46.1 Å². The van der Waals surface area contributed by atoms with E-state index in [-0.39, 0.29) is 53.5 Å². The van der Waals surface area contributed by atoms with E-state index >= 15 is 0 Å². The number of aromatic nitrogens is 1. The van der Waals surface area contributed by atoms with Gasteiger partial charge >= 0.3 is 5.97 Å². The molecule has 35 heavy (non-hydrogen) atoms. The van der Waals surface area contributed by atoms with Gasteiger partial charge in [-0.2, -0.15) is 0 Å². The molecule has 1 aliphatic carbocycles. The van der Waals surface area contributed by atoms with E-state index in [0.29, 0.717) is 16.5 Å². The van der Waals surface area contributed by atoms with E-state index in [1.54, 1.807) is 12.1 Å². The van der Waals surface area contributed by atoms with Gasteiger partial charge in [-0.05, 0) is 38.0 Å². The van der Waals surface area contributed by atoms with Crippen LogP contribution in [0.25, 0.3) is 10.9 Å². The average Bonchev–Trinajstić information content (AvgIpc) is 3.59. The molecule has 1 heterocycles. The second kappa shape index (κ2) is 9.87. The van der Waals surface area contributed by atoms with E-state index in [2.05, 4.69) is 5.32 Å². The summed E-state index contributed by atoms with van der Waals surface area (Å²) >= 11 is 5.78. The third kappa shape index (κ3) is 5.35. The van der Waals surface area contributed by atoms with Crippen LogP contribution in [-0.4, -0.2) is 50.7 Å². The van der Waals surface area contributed by atoms with Crippen LogP contribution in [-0.2, 0) is 22.7 Å². The summed E-state index contributed by atoms with van der Waals surface area (Å²) in [5.41, 5.74) is 1.09. The summed E-state index contributed by atoms with van der Waals surface area (Å²) in [5, 5.41) is 12.5. The lowest BCUT2D eigenvalue weighted by Crippen LogP contribution is -2.43. The molecule has 1 fully saturated rings. The molecule has 0 bridgehead atoms. The van der Waals surface area contributed by atoms with Gasteiger partial charge in [-0.15, -0.1) is 0 Å². The molecule has 2 N–H and O–H groups in total. The SMILES string of the molecule is CC(=O)c1cn(CC(=O)N(CC(=O)NCc2cccc(Cl)c2F)C2CC2)c2cc(C(=O)O)ccc12. The molecule has 0 saturated heterocycles. The van der Waals surface area contributed by atoms with E-state index in [9.17, 15) is 28.7 Å². The lowest BCUT2D eigenvalue weighted by Gasteiger charge is -2.22. The fourth-order valence-electron chi connectivity index (χ4n) is 3.97. The van der Waals surface area contributed by atoms with Crippen molar-refractivity contribution < 1.29 is 28.7 Å². The van der Waals surface area contributed by atoms with Crippen LogP contribution in [0, 0.1) is 5.82 Å². The first-order chi connectivity index (χ1) is 16.7. The van der Waals surface area contributed by atoms with Gasteiger partial charge in [-0.3, -0.25) is 14.4 Å². The molecule has 4 rings (SSSR count). The number of amides is 2. The number of ketones is 1. The highest BCUT2D eigenvalue weighted by molar-refractivity contribution is 6.30. The van der Waals surface area contributed by atoms with Gasteiger partial charge in [0.15, 0.2) is 5.78 Å². The fourth-order valence-corrected chi connectivity index (χ4v) is 4.16. The van der Waals surface area contributed by atoms with Crippen molar-refractivity contribution in [2.24, 2.45) is 0 Å². The van der Waals surface area contributed by atoms with Crippen molar-refractivity contribution in [2.75, 3.05) is 6.54 Å². The smallest absolute Gasteiger partial charge is 0.335 e. The molecular formula is C25H23ClFN3O5. The number of carboxylic acid groups (broad SMARTS) is 1. The van der Waals surface area contributed by atoms with Gasteiger partial charge in [0.1, 0.15) is 12.4 Å². The molecule has 1 aromatic heterocycles. The number of aromatic carboxylic acids is 1. The molecule has 2 amide bonds. The van der Waals surface area contributed by atoms with Crippen molar-refractivity contribution in [1.29, 1.82) is 0 Å². The van der Waals surface area contributed by atoms with Gasteiger partial charge in [0.05, 0.1) is 22.6 Å². The van der Waals surface area contributed by atoms with Crippen molar-refractivity contribution in [3.63, 3.8) is 0 Å². The van der Waals surface area contributed by atoms with Crippen molar-refractivity contribution in [3.05, 3.63) is 70.1 Å². The van der Waals surface area contributed by atoms with Gasteiger partial charge in [-0.1, -0.05) is 29.8 Å². The summed E-state index contributed by atoms with van der Waals surface area (Å²) in [5.74, 6) is -2.73. The van der Waals surface area contributed by atoms with Crippen LogP contribution < -0.4 is 5.32 Å². The van der Waals surface area contributed by atoms with E-state index in [1.807, 2.05) is 0 Å². The molecule has 182 valence electrons. The minimum atomic E-state index is -1.12. The maximum atomic E-state index is 14.1. The number of nitrogens with zero attached hydrogens (tertiary/aromatic N) is 2. The van der Waals surface area contributed by atoms with Gasteiger partial charge in [0.25, 0.3) is 0 Å². The largest absolute Gasteiger partial charge is 0.478 e. The van der Waals surface area contributed by atoms with Crippen LogP contribution in [0.5, 0.6) is 0 Å². The van der Waals surface area contributed by atoms with Crippen LogP contribution in [0.1, 0.15) is 46.0 Å². The number of halogens is 2. The Bertz CT molecular complexity index is 1350. The Morgan fingerprint density at radius 2 is 1.94 bits per heavy atom. The van der Waals surface area contributed by atoms with E-state index in [0.717, 1.165) is 12.8 Å². The summed E-state index contributed by atoms with van der Waals surface area (Å²) in [7, 11) is 0. The highest BCUT2D eigenvalue weighted by Gasteiger charge is 2.34. The molecule has 1 aliphatic rings. The van der Waals surface area contributed by atoms with Crippen LogP contribution >= 0.6 is 11.6 Å². The normalized spacial score (nSPS) is 13.0. The molecule has 0 aliphatic heterocycles. The van der Waals surface area contributed by atoms with E-state index in [4.69, 9.17) is 11.6 Å². The first-order valence-electron chi connectivity index (χ1n) is 11.0. The summed E-state index contributed by atoms with van der Waals surface area (Å²) in [6.45, 7) is 0.958. The molecule has 3 aromatic rings. The number of benzene rings is 2. The van der Waals surface area contributed by atoms with Crippen molar-refractivity contribution in [2.45, 2.75) is 38.9 Å². The Morgan fingerprint density at radius 1 is 1.20 bits per heavy atom. The average molecular weight is 500 g/mol. The third-order valence-electron chi connectivity index (χ3n) is 5.94. The molecule has 10 heteroatoms. The van der Waals surface area contributed by atoms with Crippen LogP contribution in [0.3, 0.4) is 0 Å². The Labute approximate surface area is 205 Å². The molecule has 1 saturated carbocycles. The Kier molecular flexibility index (Phi) is 6.88. The molecule has 0 radical (unpaired) electrons. The zero-order chi connectivity index (χ0) is 25.3. The van der Waals surface area contributed by atoms with Gasteiger partial charge in [0.2, 0.25) is 11.8 Å². The maximum Gasteiger partial charge on any atom is 0.335 e. The fraction of sp³-hybridized carbons (Fsp3) is 0.280. The second-order valence-electron chi connectivity index (χ2n) is 8.51. The van der Waals surface area contributed by atoms with E-state index in [1.165, 1.54) is 46.9 Å². The molecular weight excluding hydrogens is 477 g/mol. The standard InChI is InChI=1S/C25H23ClFN3O5/c1-14(31)19-11-29(21-9-15(25(34)35)5-8-18(19)21)13-23(33)30(17-6-7-17)12-22(32)28-10-16-3-2-4-20(26)24(16)27/h2-5,8-9,11,17H,6-7,10,12-13H2,1H3,(H,28,32)(H,34,35). The van der Waals surface area contributed by atoms with Gasteiger partial charge in [-0.25, -0.2) is 9.18 Å². The lowest BCUT2D eigenvalue weighted by atomic mass is 10.1. The number of rotatable bonds is 9. The minimum Gasteiger partial charge on any atom is -0.478 e. The van der Waals surface area contributed by atoms with E-state index < -0.39 is 17.7 Å². The first kappa shape index (κ1) is 24.4. The summed E-state index contributed by atoms with van der Waals surface area (Å²) in [6.07, 6.45) is 3.05. The number of carboxylic acids is 1. The number of carbonyl (C=O) groups is 4. The molecule has 0 atom stereocenters. The zero-order valence-electron chi connectivity index (χ0n) is 18.9. The lowest BCUT2D eigenvalue weighted by molar-refractivity contribution is -0.137. The van der Waals surface area contributed by atoms with Gasteiger partial charge < -0.3 is 19.9 Å². The Morgan fingerprint density at radius 3 is 2.60 bits per heavy atom. The highest BCUT2D eigenvalue weighted by Crippen LogP contribution is 2.28. The van der Waals surface area contributed by atoms with Crippen LogP contribution in [0.4, 0.5) is 4.39 Å². The molecule has 0 unspecified atom stereocenters. The van der Waals surface area contributed by atoms with Crippen LogP contribution in [0.15, 0.2) is 42.6 Å². The molecule has 8 nitrogen and oxygen atoms in total. The quantitative estimate of drug-likeness (QED) is 0.437. The number of nitrogens with one attached hydrogen (secondary N) is 1. The number of fused-ring (bicyclic) bond motifs is 1. The second-order valence-corrected chi connectivity index (χ2v) is 8.91. The number of hydrogen-bond acceptors (Lipinski definition) is 4. The predicted octanol–water partition coefficient (Wildman–Crippen LogP) is 3.64. The summed E-state index contributed by atoms with van der Waals surface area (Å²) < 4.78 is 15.6. The minimum absolute atomic E-state index is 0.0334. The number of Topliss-reactive ketones (excluding diaryl/α,β-unsaturated/α-hetero) is 1. The monoisotopic (exact) mass is 499 g/mol.